The molecule has 0 radical (unpaired) electrons. The van der Waals surface area contributed by atoms with Gasteiger partial charge in [-0.25, -0.2) is 4.99 Å². The first kappa shape index (κ1) is 19.5. The van der Waals surface area contributed by atoms with Crippen molar-refractivity contribution in [2.24, 2.45) is 4.99 Å². The Morgan fingerprint density at radius 3 is 2.52 bits per heavy atom. The minimum atomic E-state index is -4.61. The van der Waals surface area contributed by atoms with Gasteiger partial charge in [0, 0.05) is 23.1 Å². The van der Waals surface area contributed by atoms with Crippen LogP contribution in [-0.4, -0.2) is 36.6 Å². The SMILES string of the molecule is CNCc1ccc2c(c1)C(=O)C=C1C2=Nc2cc(S(=O)(=O)O)c(O)cc2C1(C)C. The molecule has 4 rings (SSSR count). The van der Waals surface area contributed by atoms with E-state index in [9.17, 15) is 22.9 Å². The number of carbonyl (C=O) groups is 1. The van der Waals surface area contributed by atoms with E-state index < -0.39 is 26.2 Å². The first-order chi connectivity index (χ1) is 13.5. The summed E-state index contributed by atoms with van der Waals surface area (Å²) in [6.07, 6.45) is 1.56. The Balaban J connectivity index is 1.99. The number of rotatable bonds is 3. The summed E-state index contributed by atoms with van der Waals surface area (Å²) in [4.78, 5) is 16.9. The van der Waals surface area contributed by atoms with E-state index >= 15 is 0 Å². The molecule has 29 heavy (non-hydrogen) atoms. The quantitative estimate of drug-likeness (QED) is 0.668. The summed E-state index contributed by atoms with van der Waals surface area (Å²) in [5.74, 6) is -0.681. The maximum atomic E-state index is 12.8. The highest BCUT2D eigenvalue weighted by molar-refractivity contribution is 7.86. The number of phenols is 1. The van der Waals surface area contributed by atoms with Crippen LogP contribution in [0.3, 0.4) is 0 Å². The molecule has 0 bridgehead atoms. The van der Waals surface area contributed by atoms with E-state index in [-0.39, 0.29) is 5.78 Å². The van der Waals surface area contributed by atoms with Crippen LogP contribution in [0.5, 0.6) is 5.75 Å². The van der Waals surface area contributed by atoms with Crippen LogP contribution in [0.15, 0.2) is 51.9 Å². The molecule has 8 heteroatoms. The van der Waals surface area contributed by atoms with Crippen molar-refractivity contribution in [2.45, 2.75) is 30.7 Å². The second kappa shape index (κ2) is 6.35. The molecule has 0 amide bonds. The lowest BCUT2D eigenvalue weighted by atomic mass is 9.69. The lowest BCUT2D eigenvalue weighted by molar-refractivity contribution is 0.104. The maximum Gasteiger partial charge on any atom is 0.298 e. The molecule has 1 aliphatic carbocycles. The lowest BCUT2D eigenvalue weighted by Crippen LogP contribution is -2.33. The molecule has 0 saturated heterocycles. The molecular formula is C21H20N2O5S. The number of phenolic OH excluding ortho intramolecular Hbond substituents is 1. The first-order valence-corrected chi connectivity index (χ1v) is 10.5. The largest absolute Gasteiger partial charge is 0.506 e. The van der Waals surface area contributed by atoms with E-state index in [4.69, 9.17) is 0 Å². The topological polar surface area (TPSA) is 116 Å². The number of benzene rings is 2. The summed E-state index contributed by atoms with van der Waals surface area (Å²) in [7, 11) is -2.78. The van der Waals surface area contributed by atoms with Gasteiger partial charge in [0.2, 0.25) is 0 Å². The normalized spacial score (nSPS) is 17.0. The predicted molar refractivity (Wildman–Crippen MR) is 109 cm³/mol. The Kier molecular flexibility index (Phi) is 4.27. The molecule has 2 aromatic carbocycles. The zero-order valence-electron chi connectivity index (χ0n) is 16.1. The van der Waals surface area contributed by atoms with Gasteiger partial charge in [0.25, 0.3) is 10.1 Å². The summed E-state index contributed by atoms with van der Waals surface area (Å²) in [5.41, 5.74) is 3.64. The second-order valence-corrected chi connectivity index (χ2v) is 9.12. The molecule has 1 heterocycles. The van der Waals surface area contributed by atoms with Gasteiger partial charge in [-0.15, -0.1) is 0 Å². The average Bonchev–Trinajstić information content (AvgIpc) is 2.63. The minimum Gasteiger partial charge on any atom is -0.506 e. The van der Waals surface area contributed by atoms with Gasteiger partial charge in [0.1, 0.15) is 10.6 Å². The molecule has 0 fully saturated rings. The average molecular weight is 412 g/mol. The van der Waals surface area contributed by atoms with E-state index in [0.29, 0.717) is 40.2 Å². The highest BCUT2D eigenvalue weighted by atomic mass is 32.2. The Labute approximate surface area is 168 Å². The molecule has 0 aromatic heterocycles. The first-order valence-electron chi connectivity index (χ1n) is 9.02. The molecule has 0 unspecified atom stereocenters. The highest BCUT2D eigenvalue weighted by Gasteiger charge is 2.40. The van der Waals surface area contributed by atoms with Gasteiger partial charge >= 0.3 is 0 Å². The monoisotopic (exact) mass is 412 g/mol. The predicted octanol–water partition coefficient (Wildman–Crippen LogP) is 2.89. The number of nitrogens with one attached hydrogen (secondary N) is 1. The zero-order chi connectivity index (χ0) is 21.1. The van der Waals surface area contributed by atoms with Crippen LogP contribution < -0.4 is 5.32 Å². The van der Waals surface area contributed by atoms with Crippen LogP contribution in [0, 0.1) is 0 Å². The maximum absolute atomic E-state index is 12.8. The smallest absolute Gasteiger partial charge is 0.298 e. The molecule has 0 saturated carbocycles. The van der Waals surface area contributed by atoms with Gasteiger partial charge < -0.3 is 10.4 Å². The van der Waals surface area contributed by atoms with E-state index in [1.165, 1.54) is 6.07 Å². The molecule has 3 N–H and O–H groups in total. The van der Waals surface area contributed by atoms with Crippen molar-refractivity contribution in [1.82, 2.24) is 5.32 Å². The molecule has 0 spiro atoms. The standard InChI is InChI=1S/C21H20N2O5S/c1-21(2)14-7-18(25)19(29(26,27)28)9-16(14)23-20-12-5-4-11(10-22-3)6-13(12)17(24)8-15(20)21/h4-9,22,25H,10H2,1-3H3,(H,26,27,28). The number of ketones is 1. The van der Waals surface area contributed by atoms with Gasteiger partial charge in [0.05, 0.1) is 11.4 Å². The molecule has 2 aromatic rings. The molecule has 2 aliphatic rings. The van der Waals surface area contributed by atoms with E-state index in [0.717, 1.165) is 11.6 Å². The Morgan fingerprint density at radius 2 is 1.86 bits per heavy atom. The van der Waals surface area contributed by atoms with Crippen molar-refractivity contribution in [2.75, 3.05) is 7.05 Å². The van der Waals surface area contributed by atoms with E-state index in [1.54, 1.807) is 6.08 Å². The van der Waals surface area contributed by atoms with Crippen LogP contribution in [0.4, 0.5) is 5.69 Å². The Morgan fingerprint density at radius 1 is 1.14 bits per heavy atom. The molecule has 7 nitrogen and oxygen atoms in total. The van der Waals surface area contributed by atoms with E-state index in [1.807, 2.05) is 39.1 Å². The fourth-order valence-corrected chi connectivity index (χ4v) is 4.54. The summed E-state index contributed by atoms with van der Waals surface area (Å²) >= 11 is 0. The summed E-state index contributed by atoms with van der Waals surface area (Å²) < 4.78 is 32.6. The van der Waals surface area contributed by atoms with Gasteiger partial charge in [0.15, 0.2) is 5.78 Å². The lowest BCUT2D eigenvalue weighted by Gasteiger charge is -2.37. The van der Waals surface area contributed by atoms with Gasteiger partial charge in [-0.2, -0.15) is 8.42 Å². The number of aromatic hydroxyl groups is 1. The third kappa shape index (κ3) is 3.00. The fraction of sp³-hybridized carbons (Fsp3) is 0.238. The third-order valence-electron chi connectivity index (χ3n) is 5.45. The number of hydrogen-bond acceptors (Lipinski definition) is 6. The molecule has 1 aliphatic heterocycles. The van der Waals surface area contributed by atoms with Gasteiger partial charge in [-0.1, -0.05) is 26.0 Å². The highest BCUT2D eigenvalue weighted by Crippen LogP contribution is 2.48. The van der Waals surface area contributed by atoms with Crippen molar-refractivity contribution in [3.05, 3.63) is 64.2 Å². The van der Waals surface area contributed by atoms with Gasteiger partial charge in [-0.3, -0.25) is 9.35 Å². The van der Waals surface area contributed by atoms with Crippen molar-refractivity contribution < 1.29 is 22.9 Å². The van der Waals surface area contributed by atoms with Crippen LogP contribution >= 0.6 is 0 Å². The zero-order valence-corrected chi connectivity index (χ0v) is 17.0. The minimum absolute atomic E-state index is 0.123. The Bertz CT molecular complexity index is 1240. The van der Waals surface area contributed by atoms with Crippen LogP contribution in [0.2, 0.25) is 0 Å². The Hall–Kier alpha value is -2.81. The number of carbonyl (C=O) groups excluding carboxylic acids is 1. The van der Waals surface area contributed by atoms with Crippen LogP contribution in [-0.2, 0) is 22.1 Å². The second-order valence-electron chi connectivity index (χ2n) is 7.73. The summed E-state index contributed by atoms with van der Waals surface area (Å²) in [5, 5.41) is 13.2. The number of hydrogen-bond donors (Lipinski definition) is 3. The molecule has 0 atom stereocenters. The molecule has 150 valence electrons. The fourth-order valence-electron chi connectivity index (χ4n) is 3.96. The summed E-state index contributed by atoms with van der Waals surface area (Å²) in [6, 6.07) is 8.04. The van der Waals surface area contributed by atoms with Crippen molar-refractivity contribution >= 4 is 27.3 Å². The van der Waals surface area contributed by atoms with Crippen molar-refractivity contribution in [1.29, 1.82) is 0 Å². The van der Waals surface area contributed by atoms with Crippen molar-refractivity contribution in [3.8, 4) is 5.75 Å². The van der Waals surface area contributed by atoms with Crippen LogP contribution in [0.25, 0.3) is 0 Å². The van der Waals surface area contributed by atoms with Crippen molar-refractivity contribution in [3.63, 3.8) is 0 Å². The third-order valence-corrected chi connectivity index (χ3v) is 6.33. The number of aliphatic imine (C=N–C) groups is 1. The van der Waals surface area contributed by atoms with E-state index in [2.05, 4.69) is 10.3 Å². The van der Waals surface area contributed by atoms with Crippen LogP contribution in [0.1, 0.15) is 40.9 Å². The number of nitrogens with zero attached hydrogens (tertiary/aromatic N) is 1. The number of fused-ring (bicyclic) bond motifs is 4. The molecular weight excluding hydrogens is 392 g/mol. The summed E-state index contributed by atoms with van der Waals surface area (Å²) in [6.45, 7) is 4.38. The van der Waals surface area contributed by atoms with Gasteiger partial charge in [-0.05, 0) is 48.0 Å². The number of allylic oxidation sites excluding steroid dienone is 2.